The molecule has 0 amide bonds. The van der Waals surface area contributed by atoms with Crippen molar-refractivity contribution in [2.24, 2.45) is 0 Å². The lowest BCUT2D eigenvalue weighted by atomic mass is 9.94. The zero-order valence-electron chi connectivity index (χ0n) is 13.5. The molecule has 1 aliphatic heterocycles. The van der Waals surface area contributed by atoms with E-state index in [9.17, 15) is 8.42 Å². The van der Waals surface area contributed by atoms with Crippen LogP contribution in [0.2, 0.25) is 0 Å². The summed E-state index contributed by atoms with van der Waals surface area (Å²) in [5.74, 6) is 0.509. The van der Waals surface area contributed by atoms with E-state index < -0.39 is 10.2 Å². The maximum atomic E-state index is 12.3. The molecule has 0 spiro atoms. The van der Waals surface area contributed by atoms with Crippen LogP contribution in [0.3, 0.4) is 0 Å². The summed E-state index contributed by atoms with van der Waals surface area (Å²) in [6.45, 7) is 1.25. The first-order valence-corrected chi connectivity index (χ1v) is 9.81. The van der Waals surface area contributed by atoms with Gasteiger partial charge in [-0.05, 0) is 44.6 Å². The molecular formula is C16H22N4O3S. The van der Waals surface area contributed by atoms with Crippen LogP contribution in [0.25, 0.3) is 0 Å². The molecule has 7 nitrogen and oxygen atoms in total. The molecule has 130 valence electrons. The molecular weight excluding hydrogens is 328 g/mol. The molecule has 1 aliphatic carbocycles. The molecule has 1 saturated heterocycles. The van der Waals surface area contributed by atoms with Gasteiger partial charge in [0.25, 0.3) is 10.2 Å². The zero-order valence-corrected chi connectivity index (χ0v) is 14.3. The molecule has 1 aromatic rings. The number of hydrogen-bond acceptors (Lipinski definition) is 5. The van der Waals surface area contributed by atoms with Gasteiger partial charge in [0.2, 0.25) is 5.88 Å². The third kappa shape index (κ3) is 4.23. The Balaban J connectivity index is 1.47. The van der Waals surface area contributed by atoms with E-state index in [4.69, 9.17) is 10.00 Å². The number of pyridine rings is 1. The Kier molecular flexibility index (Phi) is 5.33. The first kappa shape index (κ1) is 17.1. The van der Waals surface area contributed by atoms with E-state index >= 15 is 0 Å². The van der Waals surface area contributed by atoms with Crippen molar-refractivity contribution in [3.05, 3.63) is 23.9 Å². The van der Waals surface area contributed by atoms with E-state index in [2.05, 4.69) is 9.71 Å². The van der Waals surface area contributed by atoms with Crippen molar-refractivity contribution in [1.29, 1.82) is 5.26 Å². The van der Waals surface area contributed by atoms with Crippen LogP contribution in [-0.4, -0.2) is 42.9 Å². The molecule has 2 aliphatic rings. The molecule has 24 heavy (non-hydrogen) atoms. The molecule has 1 aromatic heterocycles. The normalized spacial score (nSPS) is 25.3. The highest BCUT2D eigenvalue weighted by Gasteiger charge is 2.30. The molecule has 0 unspecified atom stereocenters. The maximum absolute atomic E-state index is 12.3. The number of ether oxygens (including phenoxy) is 1. The van der Waals surface area contributed by atoms with Crippen LogP contribution in [-0.2, 0) is 10.2 Å². The Bertz CT molecular complexity index is 685. The van der Waals surface area contributed by atoms with E-state index in [0.717, 1.165) is 38.5 Å². The first-order valence-electron chi connectivity index (χ1n) is 8.37. The van der Waals surface area contributed by atoms with Crippen molar-refractivity contribution >= 4 is 10.2 Å². The fourth-order valence-electron chi connectivity index (χ4n) is 3.20. The molecule has 1 saturated carbocycles. The van der Waals surface area contributed by atoms with Crippen molar-refractivity contribution in [3.8, 4) is 11.9 Å². The number of rotatable bonds is 5. The lowest BCUT2D eigenvalue weighted by Crippen LogP contribution is -2.46. The van der Waals surface area contributed by atoms with Gasteiger partial charge in [-0.15, -0.1) is 0 Å². The van der Waals surface area contributed by atoms with Crippen LogP contribution in [0.15, 0.2) is 18.3 Å². The van der Waals surface area contributed by atoms with Crippen molar-refractivity contribution in [2.45, 2.75) is 50.7 Å². The predicted octanol–water partition coefficient (Wildman–Crippen LogP) is 1.57. The smallest absolute Gasteiger partial charge is 0.279 e. The Labute approximate surface area is 142 Å². The molecule has 0 atom stereocenters. The average molecular weight is 350 g/mol. The van der Waals surface area contributed by atoms with Crippen LogP contribution in [0.4, 0.5) is 0 Å². The van der Waals surface area contributed by atoms with Gasteiger partial charge in [0.05, 0.1) is 5.56 Å². The fraction of sp³-hybridized carbons (Fsp3) is 0.625. The van der Waals surface area contributed by atoms with Crippen molar-refractivity contribution in [2.75, 3.05) is 13.1 Å². The minimum atomic E-state index is -3.34. The highest BCUT2D eigenvalue weighted by molar-refractivity contribution is 7.87. The summed E-state index contributed by atoms with van der Waals surface area (Å²) in [5.41, 5.74) is 0.502. The third-order valence-corrected chi connectivity index (χ3v) is 6.22. The van der Waals surface area contributed by atoms with Crippen molar-refractivity contribution < 1.29 is 13.2 Å². The first-order chi connectivity index (χ1) is 11.6. The lowest BCUT2D eigenvalue weighted by molar-refractivity contribution is 0.138. The van der Waals surface area contributed by atoms with Gasteiger partial charge in [0, 0.05) is 31.4 Å². The second-order valence-electron chi connectivity index (χ2n) is 6.32. The van der Waals surface area contributed by atoms with E-state index in [1.165, 1.54) is 10.5 Å². The summed E-state index contributed by atoms with van der Waals surface area (Å²) in [6, 6.07) is 5.37. The summed E-state index contributed by atoms with van der Waals surface area (Å²) >= 11 is 0. The van der Waals surface area contributed by atoms with Crippen LogP contribution >= 0.6 is 0 Å². The number of nitriles is 1. The van der Waals surface area contributed by atoms with Gasteiger partial charge in [-0.25, -0.2) is 4.98 Å². The Morgan fingerprint density at radius 2 is 1.92 bits per heavy atom. The van der Waals surface area contributed by atoms with E-state index in [1.54, 1.807) is 12.1 Å². The van der Waals surface area contributed by atoms with Crippen LogP contribution in [0.1, 0.15) is 44.1 Å². The van der Waals surface area contributed by atoms with E-state index in [1.807, 2.05) is 6.07 Å². The van der Waals surface area contributed by atoms with Gasteiger partial charge in [0.1, 0.15) is 12.2 Å². The molecule has 8 heteroatoms. The average Bonchev–Trinajstić information content (AvgIpc) is 3.13. The highest BCUT2D eigenvalue weighted by Crippen LogP contribution is 2.24. The molecule has 0 bridgehead atoms. The van der Waals surface area contributed by atoms with Gasteiger partial charge in [-0.3, -0.25) is 0 Å². The fourth-order valence-corrected chi connectivity index (χ4v) is 4.74. The summed E-state index contributed by atoms with van der Waals surface area (Å²) < 4.78 is 34.8. The van der Waals surface area contributed by atoms with Gasteiger partial charge < -0.3 is 4.74 Å². The Morgan fingerprint density at radius 3 is 2.50 bits per heavy atom. The largest absolute Gasteiger partial charge is 0.474 e. The minimum absolute atomic E-state index is 0.0237. The summed E-state index contributed by atoms with van der Waals surface area (Å²) in [5, 5.41) is 8.76. The molecule has 3 rings (SSSR count). The summed E-state index contributed by atoms with van der Waals surface area (Å²) in [7, 11) is -3.34. The molecule has 1 N–H and O–H groups in total. The Hall–Kier alpha value is -1.69. The van der Waals surface area contributed by atoms with Crippen LogP contribution in [0.5, 0.6) is 5.88 Å². The molecule has 2 fully saturated rings. The van der Waals surface area contributed by atoms with Crippen molar-refractivity contribution in [1.82, 2.24) is 14.0 Å². The molecule has 2 heterocycles. The monoisotopic (exact) mass is 350 g/mol. The van der Waals surface area contributed by atoms with Gasteiger partial charge in [0.15, 0.2) is 0 Å². The SMILES string of the molecule is N#Cc1ccc(OC2CCC(NS(=O)(=O)N3CCCC3)CC2)nc1. The molecule has 0 aromatic carbocycles. The van der Waals surface area contributed by atoms with Gasteiger partial charge in [-0.1, -0.05) is 0 Å². The van der Waals surface area contributed by atoms with Crippen LogP contribution in [0, 0.1) is 11.3 Å². The summed E-state index contributed by atoms with van der Waals surface area (Å²) in [6.07, 6.45) is 6.51. The van der Waals surface area contributed by atoms with Crippen molar-refractivity contribution in [3.63, 3.8) is 0 Å². The number of aromatic nitrogens is 1. The van der Waals surface area contributed by atoms with Gasteiger partial charge >= 0.3 is 0 Å². The Morgan fingerprint density at radius 1 is 1.21 bits per heavy atom. The standard InChI is InChI=1S/C16H22N4O3S/c17-11-13-3-8-16(18-12-13)23-15-6-4-14(5-7-15)19-24(21,22)20-9-1-2-10-20/h3,8,12,14-15,19H,1-2,4-7,9-10H2. The number of nitrogens with zero attached hydrogens (tertiary/aromatic N) is 3. The number of nitrogens with one attached hydrogen (secondary N) is 1. The predicted molar refractivity (Wildman–Crippen MR) is 88.5 cm³/mol. The third-order valence-electron chi connectivity index (χ3n) is 4.55. The quantitative estimate of drug-likeness (QED) is 0.870. The van der Waals surface area contributed by atoms with Gasteiger partial charge in [-0.2, -0.15) is 22.7 Å². The second-order valence-corrected chi connectivity index (χ2v) is 8.02. The van der Waals surface area contributed by atoms with E-state index in [-0.39, 0.29) is 12.1 Å². The lowest BCUT2D eigenvalue weighted by Gasteiger charge is -2.30. The second kappa shape index (κ2) is 7.47. The topological polar surface area (TPSA) is 95.3 Å². The summed E-state index contributed by atoms with van der Waals surface area (Å²) in [4.78, 5) is 4.11. The maximum Gasteiger partial charge on any atom is 0.279 e. The molecule has 0 radical (unpaired) electrons. The highest BCUT2D eigenvalue weighted by atomic mass is 32.2. The van der Waals surface area contributed by atoms with E-state index in [0.29, 0.717) is 24.5 Å². The number of hydrogen-bond donors (Lipinski definition) is 1. The minimum Gasteiger partial charge on any atom is -0.474 e. The zero-order chi connectivity index (χ0) is 17.0. The van der Waals surface area contributed by atoms with Crippen LogP contribution < -0.4 is 9.46 Å².